The predicted octanol–water partition coefficient (Wildman–Crippen LogP) is 4.73. The van der Waals surface area contributed by atoms with Crippen LogP contribution in [-0.2, 0) is 0 Å². The summed E-state index contributed by atoms with van der Waals surface area (Å²) in [6.07, 6.45) is 0. The zero-order chi connectivity index (χ0) is 14.7. The van der Waals surface area contributed by atoms with Gasteiger partial charge in [-0.25, -0.2) is 8.78 Å². The second-order valence-corrected chi connectivity index (χ2v) is 5.53. The van der Waals surface area contributed by atoms with Gasteiger partial charge >= 0.3 is 0 Å². The fourth-order valence-electron chi connectivity index (χ4n) is 2.11. The molecule has 0 heterocycles. The molecule has 4 heteroatoms. The first-order chi connectivity index (χ1) is 9.52. The maximum absolute atomic E-state index is 13.7. The van der Waals surface area contributed by atoms with Crippen molar-refractivity contribution in [2.24, 2.45) is 0 Å². The van der Waals surface area contributed by atoms with Crippen molar-refractivity contribution in [3.8, 4) is 0 Å². The highest BCUT2D eigenvalue weighted by molar-refractivity contribution is 9.10. The molecule has 20 heavy (non-hydrogen) atoms. The van der Waals surface area contributed by atoms with E-state index < -0.39 is 0 Å². The lowest BCUT2D eigenvalue weighted by molar-refractivity contribution is 0.587. The summed E-state index contributed by atoms with van der Waals surface area (Å²) in [5.41, 5.74) is 2.17. The fraction of sp³-hybridized carbons (Fsp3) is 0.250. The summed E-state index contributed by atoms with van der Waals surface area (Å²) in [5, 5.41) is 3.26. The third-order valence-corrected chi connectivity index (χ3v) is 3.86. The highest BCUT2D eigenvalue weighted by atomic mass is 79.9. The standard InChI is InChI=1S/C16H16BrF2N/c1-3-20-16(11-5-4-10(2)14(18)8-11)12-6-7-13(17)15(19)9-12/h4-9,16,20H,3H2,1-2H3. The van der Waals surface area contributed by atoms with Crippen molar-refractivity contribution >= 4 is 15.9 Å². The lowest BCUT2D eigenvalue weighted by atomic mass is 9.97. The monoisotopic (exact) mass is 339 g/mol. The van der Waals surface area contributed by atoms with Crippen molar-refractivity contribution in [3.05, 3.63) is 69.2 Å². The molecule has 1 nitrogen and oxygen atoms in total. The molecule has 0 bridgehead atoms. The van der Waals surface area contributed by atoms with Crippen LogP contribution >= 0.6 is 15.9 Å². The highest BCUT2D eigenvalue weighted by Crippen LogP contribution is 2.26. The van der Waals surface area contributed by atoms with Crippen LogP contribution in [0.5, 0.6) is 0 Å². The molecule has 2 rings (SSSR count). The van der Waals surface area contributed by atoms with Gasteiger partial charge in [-0.1, -0.05) is 25.1 Å². The van der Waals surface area contributed by atoms with E-state index in [0.29, 0.717) is 16.6 Å². The maximum Gasteiger partial charge on any atom is 0.137 e. The summed E-state index contributed by atoms with van der Waals surface area (Å²) in [6.45, 7) is 4.39. The van der Waals surface area contributed by atoms with Gasteiger partial charge in [0.2, 0.25) is 0 Å². The first-order valence-electron chi connectivity index (χ1n) is 6.47. The van der Waals surface area contributed by atoms with Gasteiger partial charge in [0, 0.05) is 0 Å². The summed E-state index contributed by atoms with van der Waals surface area (Å²) < 4.78 is 27.8. The number of hydrogen-bond acceptors (Lipinski definition) is 1. The second kappa shape index (κ2) is 6.46. The van der Waals surface area contributed by atoms with Gasteiger partial charge in [0.15, 0.2) is 0 Å². The van der Waals surface area contributed by atoms with Crippen LogP contribution in [0, 0.1) is 18.6 Å². The number of benzene rings is 2. The highest BCUT2D eigenvalue weighted by Gasteiger charge is 2.15. The molecule has 0 spiro atoms. The normalized spacial score (nSPS) is 12.4. The molecule has 0 radical (unpaired) electrons. The topological polar surface area (TPSA) is 12.0 Å². The zero-order valence-corrected chi connectivity index (χ0v) is 13.0. The number of hydrogen-bond donors (Lipinski definition) is 1. The van der Waals surface area contributed by atoms with Gasteiger partial charge in [-0.2, -0.15) is 0 Å². The van der Waals surface area contributed by atoms with Gasteiger partial charge in [-0.05, 0) is 64.3 Å². The molecule has 1 atom stereocenters. The van der Waals surface area contributed by atoms with Gasteiger partial charge in [0.25, 0.3) is 0 Å². The maximum atomic E-state index is 13.7. The Morgan fingerprint density at radius 2 is 1.65 bits per heavy atom. The van der Waals surface area contributed by atoms with Crippen LogP contribution in [0.4, 0.5) is 8.78 Å². The Morgan fingerprint density at radius 3 is 2.20 bits per heavy atom. The van der Waals surface area contributed by atoms with E-state index in [4.69, 9.17) is 0 Å². The average molecular weight is 340 g/mol. The van der Waals surface area contributed by atoms with Gasteiger partial charge < -0.3 is 5.32 Å². The first-order valence-corrected chi connectivity index (χ1v) is 7.26. The van der Waals surface area contributed by atoms with Crippen LogP contribution in [0.25, 0.3) is 0 Å². The molecule has 106 valence electrons. The number of nitrogens with one attached hydrogen (secondary N) is 1. The zero-order valence-electron chi connectivity index (χ0n) is 11.4. The SMILES string of the molecule is CCNC(c1ccc(C)c(F)c1)c1ccc(Br)c(F)c1. The Balaban J connectivity index is 2.44. The number of aryl methyl sites for hydroxylation is 1. The van der Waals surface area contributed by atoms with Crippen LogP contribution in [0.15, 0.2) is 40.9 Å². The van der Waals surface area contributed by atoms with E-state index in [2.05, 4.69) is 21.2 Å². The van der Waals surface area contributed by atoms with E-state index in [1.54, 1.807) is 19.1 Å². The van der Waals surface area contributed by atoms with E-state index in [1.165, 1.54) is 12.1 Å². The van der Waals surface area contributed by atoms with E-state index in [0.717, 1.165) is 11.1 Å². The summed E-state index contributed by atoms with van der Waals surface area (Å²) in [6, 6.07) is 9.85. The third kappa shape index (κ3) is 3.25. The minimum atomic E-state index is -0.321. The van der Waals surface area contributed by atoms with E-state index in [1.807, 2.05) is 19.1 Å². The van der Waals surface area contributed by atoms with Gasteiger partial charge in [-0.15, -0.1) is 0 Å². The molecule has 0 aliphatic heterocycles. The Bertz CT molecular complexity index is 562. The molecule has 1 unspecified atom stereocenters. The molecule has 2 aromatic rings. The van der Waals surface area contributed by atoms with Crippen molar-refractivity contribution < 1.29 is 8.78 Å². The van der Waals surface area contributed by atoms with Crippen molar-refractivity contribution in [2.45, 2.75) is 19.9 Å². The Kier molecular flexibility index (Phi) is 4.89. The van der Waals surface area contributed by atoms with Crippen LogP contribution in [0.2, 0.25) is 0 Å². The second-order valence-electron chi connectivity index (χ2n) is 4.67. The lowest BCUT2D eigenvalue weighted by Gasteiger charge is -2.19. The van der Waals surface area contributed by atoms with Crippen molar-refractivity contribution in [1.82, 2.24) is 5.32 Å². The smallest absolute Gasteiger partial charge is 0.137 e. The first kappa shape index (κ1) is 15.1. The Labute approximate surface area is 126 Å². The molecule has 0 aliphatic rings. The molecule has 2 aromatic carbocycles. The van der Waals surface area contributed by atoms with E-state index in [9.17, 15) is 8.78 Å². The largest absolute Gasteiger partial charge is 0.307 e. The van der Waals surface area contributed by atoms with Gasteiger partial charge in [-0.3, -0.25) is 0 Å². The van der Waals surface area contributed by atoms with Crippen LogP contribution < -0.4 is 5.32 Å². The minimum Gasteiger partial charge on any atom is -0.307 e. The quantitative estimate of drug-likeness (QED) is 0.848. The molecule has 0 aromatic heterocycles. The van der Waals surface area contributed by atoms with Crippen LogP contribution in [0.3, 0.4) is 0 Å². The average Bonchev–Trinajstić information content (AvgIpc) is 2.43. The Morgan fingerprint density at radius 1 is 1.05 bits per heavy atom. The molecular formula is C16H16BrF2N. The number of halogens is 3. The van der Waals surface area contributed by atoms with Crippen LogP contribution in [0.1, 0.15) is 29.7 Å². The lowest BCUT2D eigenvalue weighted by Crippen LogP contribution is -2.22. The van der Waals surface area contributed by atoms with Crippen LogP contribution in [-0.4, -0.2) is 6.54 Å². The molecule has 0 amide bonds. The molecular weight excluding hydrogens is 324 g/mol. The number of rotatable bonds is 4. The summed E-state index contributed by atoms with van der Waals surface area (Å²) in [4.78, 5) is 0. The minimum absolute atomic E-state index is 0.224. The van der Waals surface area contributed by atoms with Crippen molar-refractivity contribution in [1.29, 1.82) is 0 Å². The van der Waals surface area contributed by atoms with Crippen molar-refractivity contribution in [2.75, 3.05) is 6.54 Å². The van der Waals surface area contributed by atoms with Gasteiger partial charge in [0.1, 0.15) is 11.6 Å². The predicted molar refractivity (Wildman–Crippen MR) is 80.8 cm³/mol. The summed E-state index contributed by atoms with van der Waals surface area (Å²) >= 11 is 3.14. The third-order valence-electron chi connectivity index (χ3n) is 3.21. The summed E-state index contributed by atoms with van der Waals surface area (Å²) in [7, 11) is 0. The van der Waals surface area contributed by atoms with Gasteiger partial charge in [0.05, 0.1) is 10.5 Å². The molecule has 0 saturated carbocycles. The fourth-order valence-corrected chi connectivity index (χ4v) is 2.36. The molecule has 0 saturated heterocycles. The Hall–Kier alpha value is -1.26. The van der Waals surface area contributed by atoms with Crippen molar-refractivity contribution in [3.63, 3.8) is 0 Å². The molecule has 0 aliphatic carbocycles. The summed E-state index contributed by atoms with van der Waals surface area (Å²) in [5.74, 6) is -0.569. The molecule has 1 N–H and O–H groups in total. The van der Waals surface area contributed by atoms with E-state index in [-0.39, 0.29) is 17.7 Å². The molecule has 0 fully saturated rings. The van der Waals surface area contributed by atoms with E-state index >= 15 is 0 Å².